The SMILES string of the molecule is COc1ccc2[nH]cc(CCNC(=O)c3cccn3C)c2c1. The Labute approximate surface area is 128 Å². The van der Waals surface area contributed by atoms with Crippen molar-refractivity contribution in [2.75, 3.05) is 13.7 Å². The lowest BCUT2D eigenvalue weighted by molar-refractivity contribution is 0.0946. The zero-order valence-electron chi connectivity index (χ0n) is 12.7. The Hall–Kier alpha value is -2.69. The van der Waals surface area contributed by atoms with Crippen molar-refractivity contribution in [1.82, 2.24) is 14.9 Å². The normalized spacial score (nSPS) is 10.8. The number of hydrogen-bond acceptors (Lipinski definition) is 2. The van der Waals surface area contributed by atoms with Crippen LogP contribution in [-0.4, -0.2) is 29.1 Å². The van der Waals surface area contributed by atoms with Crippen LogP contribution in [0.3, 0.4) is 0 Å². The van der Waals surface area contributed by atoms with Gasteiger partial charge >= 0.3 is 0 Å². The summed E-state index contributed by atoms with van der Waals surface area (Å²) in [5.74, 6) is 0.783. The Kier molecular flexibility index (Phi) is 3.87. The predicted octanol–water partition coefficient (Wildman–Crippen LogP) is 2.49. The molecular formula is C17H19N3O2. The molecule has 1 aromatic carbocycles. The highest BCUT2D eigenvalue weighted by Gasteiger charge is 2.09. The Morgan fingerprint density at radius 1 is 1.36 bits per heavy atom. The molecule has 114 valence electrons. The molecule has 2 N–H and O–H groups in total. The van der Waals surface area contributed by atoms with Crippen LogP contribution in [-0.2, 0) is 13.5 Å². The van der Waals surface area contributed by atoms with Crippen molar-refractivity contribution in [2.24, 2.45) is 7.05 Å². The van der Waals surface area contributed by atoms with Crippen LogP contribution in [0.15, 0.2) is 42.7 Å². The average Bonchev–Trinajstić information content (AvgIpc) is 3.13. The van der Waals surface area contributed by atoms with Crippen molar-refractivity contribution in [3.8, 4) is 5.75 Å². The third kappa shape index (κ3) is 2.70. The minimum atomic E-state index is -0.0510. The molecule has 0 saturated carbocycles. The van der Waals surface area contributed by atoms with Gasteiger partial charge in [0.25, 0.3) is 5.91 Å². The van der Waals surface area contributed by atoms with E-state index in [-0.39, 0.29) is 5.91 Å². The highest BCUT2D eigenvalue weighted by molar-refractivity contribution is 5.92. The molecule has 0 unspecified atom stereocenters. The molecule has 5 nitrogen and oxygen atoms in total. The van der Waals surface area contributed by atoms with E-state index in [0.717, 1.165) is 23.1 Å². The van der Waals surface area contributed by atoms with Crippen molar-refractivity contribution in [3.05, 3.63) is 54.0 Å². The fourth-order valence-electron chi connectivity index (χ4n) is 2.59. The van der Waals surface area contributed by atoms with Gasteiger partial charge in [0.15, 0.2) is 0 Å². The van der Waals surface area contributed by atoms with Gasteiger partial charge in [-0.25, -0.2) is 0 Å². The molecule has 0 aliphatic carbocycles. The van der Waals surface area contributed by atoms with E-state index in [1.165, 1.54) is 5.56 Å². The van der Waals surface area contributed by atoms with Gasteiger partial charge in [-0.3, -0.25) is 4.79 Å². The molecule has 3 rings (SSSR count). The summed E-state index contributed by atoms with van der Waals surface area (Å²) in [5.41, 5.74) is 2.91. The molecule has 0 spiro atoms. The number of aromatic amines is 1. The molecule has 22 heavy (non-hydrogen) atoms. The maximum Gasteiger partial charge on any atom is 0.267 e. The number of hydrogen-bond donors (Lipinski definition) is 2. The van der Waals surface area contributed by atoms with Crippen LogP contribution in [0.1, 0.15) is 16.1 Å². The van der Waals surface area contributed by atoms with E-state index in [2.05, 4.69) is 10.3 Å². The maximum atomic E-state index is 12.1. The predicted molar refractivity (Wildman–Crippen MR) is 86.3 cm³/mol. The fraction of sp³-hybridized carbons (Fsp3) is 0.235. The lowest BCUT2D eigenvalue weighted by Crippen LogP contribution is -2.27. The minimum absolute atomic E-state index is 0.0510. The number of ether oxygens (including phenoxy) is 1. The summed E-state index contributed by atoms with van der Waals surface area (Å²) in [7, 11) is 3.52. The van der Waals surface area contributed by atoms with Crippen molar-refractivity contribution < 1.29 is 9.53 Å². The summed E-state index contributed by atoms with van der Waals surface area (Å²) in [4.78, 5) is 15.3. The molecular weight excluding hydrogens is 278 g/mol. The Morgan fingerprint density at radius 3 is 2.95 bits per heavy atom. The molecule has 3 aromatic rings. The van der Waals surface area contributed by atoms with Crippen LogP contribution in [0, 0.1) is 0 Å². The van der Waals surface area contributed by atoms with E-state index in [1.54, 1.807) is 7.11 Å². The van der Waals surface area contributed by atoms with Crippen molar-refractivity contribution >= 4 is 16.8 Å². The van der Waals surface area contributed by atoms with Crippen LogP contribution in [0.4, 0.5) is 0 Å². The third-order valence-electron chi connectivity index (χ3n) is 3.83. The largest absolute Gasteiger partial charge is 0.497 e. The summed E-state index contributed by atoms with van der Waals surface area (Å²) >= 11 is 0. The number of amides is 1. The van der Waals surface area contributed by atoms with E-state index in [4.69, 9.17) is 4.74 Å². The number of benzene rings is 1. The van der Waals surface area contributed by atoms with E-state index < -0.39 is 0 Å². The molecule has 0 aliphatic rings. The summed E-state index contributed by atoms with van der Waals surface area (Å²) < 4.78 is 7.08. The number of carbonyl (C=O) groups excluding carboxylic acids is 1. The van der Waals surface area contributed by atoms with Gasteiger partial charge in [0.05, 0.1) is 7.11 Å². The Balaban J connectivity index is 1.67. The first-order valence-electron chi connectivity index (χ1n) is 7.22. The van der Waals surface area contributed by atoms with Crippen LogP contribution < -0.4 is 10.1 Å². The molecule has 0 saturated heterocycles. The van der Waals surface area contributed by atoms with E-state index >= 15 is 0 Å². The van der Waals surface area contributed by atoms with E-state index in [9.17, 15) is 4.79 Å². The van der Waals surface area contributed by atoms with Gasteiger partial charge in [0, 0.05) is 36.9 Å². The molecule has 1 amide bonds. The first-order chi connectivity index (χ1) is 10.7. The molecule has 0 fully saturated rings. The zero-order valence-corrected chi connectivity index (χ0v) is 12.7. The van der Waals surface area contributed by atoms with Gasteiger partial charge in [0.2, 0.25) is 0 Å². The highest BCUT2D eigenvalue weighted by Crippen LogP contribution is 2.23. The van der Waals surface area contributed by atoms with Crippen LogP contribution in [0.25, 0.3) is 10.9 Å². The number of nitrogens with zero attached hydrogens (tertiary/aromatic N) is 1. The third-order valence-corrected chi connectivity index (χ3v) is 3.83. The molecule has 2 aromatic heterocycles. The molecule has 2 heterocycles. The highest BCUT2D eigenvalue weighted by atomic mass is 16.5. The smallest absolute Gasteiger partial charge is 0.267 e. The van der Waals surface area contributed by atoms with E-state index in [1.807, 2.05) is 54.3 Å². The standard InChI is InChI=1S/C17H19N3O2/c1-20-9-3-4-16(20)17(21)18-8-7-12-11-19-15-6-5-13(22-2)10-14(12)15/h3-6,9-11,19H,7-8H2,1-2H3,(H,18,21). The van der Waals surface area contributed by atoms with Crippen molar-refractivity contribution in [1.29, 1.82) is 0 Å². The quantitative estimate of drug-likeness (QED) is 0.760. The molecule has 0 atom stereocenters. The zero-order chi connectivity index (χ0) is 15.5. The summed E-state index contributed by atoms with van der Waals surface area (Å²) in [6, 6.07) is 9.62. The second-order valence-corrected chi connectivity index (χ2v) is 5.24. The first kappa shape index (κ1) is 14.3. The number of H-pyrrole nitrogens is 1. The topological polar surface area (TPSA) is 59.0 Å². The van der Waals surface area contributed by atoms with Crippen LogP contribution >= 0.6 is 0 Å². The fourth-order valence-corrected chi connectivity index (χ4v) is 2.59. The number of rotatable bonds is 5. The van der Waals surface area contributed by atoms with Gasteiger partial charge in [-0.1, -0.05) is 0 Å². The lowest BCUT2D eigenvalue weighted by Gasteiger charge is -2.06. The van der Waals surface area contributed by atoms with Gasteiger partial charge in [-0.05, 0) is 42.3 Å². The van der Waals surface area contributed by atoms with Gasteiger partial charge in [-0.15, -0.1) is 0 Å². The number of aryl methyl sites for hydroxylation is 1. The number of carbonyl (C=O) groups is 1. The monoisotopic (exact) mass is 297 g/mol. The number of methoxy groups -OCH3 is 1. The summed E-state index contributed by atoms with van der Waals surface area (Å²) in [5, 5.41) is 4.08. The minimum Gasteiger partial charge on any atom is -0.497 e. The number of nitrogens with one attached hydrogen (secondary N) is 2. The lowest BCUT2D eigenvalue weighted by atomic mass is 10.1. The summed E-state index contributed by atoms with van der Waals surface area (Å²) in [6.45, 7) is 0.591. The summed E-state index contributed by atoms with van der Waals surface area (Å²) in [6.07, 6.45) is 4.61. The second kappa shape index (κ2) is 5.97. The van der Waals surface area contributed by atoms with Crippen molar-refractivity contribution in [2.45, 2.75) is 6.42 Å². The molecule has 0 radical (unpaired) electrons. The number of aromatic nitrogens is 2. The Morgan fingerprint density at radius 2 is 2.23 bits per heavy atom. The maximum absolute atomic E-state index is 12.1. The average molecular weight is 297 g/mol. The van der Waals surface area contributed by atoms with Crippen LogP contribution in [0.2, 0.25) is 0 Å². The van der Waals surface area contributed by atoms with Gasteiger partial charge < -0.3 is 19.6 Å². The first-order valence-corrected chi connectivity index (χ1v) is 7.22. The molecule has 0 aliphatic heterocycles. The molecule has 0 bridgehead atoms. The second-order valence-electron chi connectivity index (χ2n) is 5.24. The van der Waals surface area contributed by atoms with Gasteiger partial charge in [0.1, 0.15) is 11.4 Å². The van der Waals surface area contributed by atoms with E-state index in [0.29, 0.717) is 12.2 Å². The Bertz CT molecular complexity index is 801. The van der Waals surface area contributed by atoms with Gasteiger partial charge in [-0.2, -0.15) is 0 Å². The van der Waals surface area contributed by atoms with Crippen molar-refractivity contribution in [3.63, 3.8) is 0 Å². The number of fused-ring (bicyclic) bond motifs is 1. The van der Waals surface area contributed by atoms with Crippen LogP contribution in [0.5, 0.6) is 5.75 Å². The molecule has 5 heteroatoms.